The maximum Gasteiger partial charge on any atom is 0.355 e. The van der Waals surface area contributed by atoms with Gasteiger partial charge in [0.25, 0.3) is 5.91 Å². The Balaban J connectivity index is 1.75. The smallest absolute Gasteiger partial charge is 0.355 e. The van der Waals surface area contributed by atoms with E-state index in [0.717, 1.165) is 11.3 Å². The minimum Gasteiger partial charge on any atom is -0.476 e. The lowest BCUT2D eigenvalue weighted by Gasteiger charge is -2.26. The molecule has 0 aliphatic carbocycles. The third-order valence-electron chi connectivity index (χ3n) is 2.91. The molecule has 0 unspecified atom stereocenters. The maximum absolute atomic E-state index is 11.8. The van der Waals surface area contributed by atoms with Gasteiger partial charge in [0.15, 0.2) is 10.7 Å². The minimum atomic E-state index is -1.17. The van der Waals surface area contributed by atoms with Gasteiger partial charge in [-0.15, -0.1) is 11.3 Å². The summed E-state index contributed by atoms with van der Waals surface area (Å²) in [6.07, 6.45) is 0.197. The molecule has 2 amide bonds. The number of nitrogens with one attached hydrogen (secondary N) is 1. The molecule has 1 fully saturated rings. The summed E-state index contributed by atoms with van der Waals surface area (Å²) in [7, 11) is 0. The fourth-order valence-corrected chi connectivity index (χ4v) is 2.51. The molecule has 2 rings (SSSR count). The van der Waals surface area contributed by atoms with Crippen LogP contribution in [0, 0.1) is 0 Å². The fraction of sp³-hybridized carbons (Fsp3) is 0.500. The molecule has 114 valence electrons. The van der Waals surface area contributed by atoms with Gasteiger partial charge in [0.2, 0.25) is 5.91 Å². The van der Waals surface area contributed by atoms with E-state index in [-0.39, 0.29) is 29.6 Å². The third kappa shape index (κ3) is 4.23. The van der Waals surface area contributed by atoms with E-state index in [0.29, 0.717) is 26.3 Å². The molecule has 2 N–H and O–H groups in total. The highest BCUT2D eigenvalue weighted by molar-refractivity contribution is 7.11. The van der Waals surface area contributed by atoms with Gasteiger partial charge < -0.3 is 20.1 Å². The zero-order valence-electron chi connectivity index (χ0n) is 11.2. The first kappa shape index (κ1) is 15.4. The Labute approximate surface area is 124 Å². The van der Waals surface area contributed by atoms with E-state index >= 15 is 0 Å². The first-order chi connectivity index (χ1) is 10.1. The maximum atomic E-state index is 11.8. The SMILES string of the molecule is O=C(O)c1csc(C(=O)NCCC(=O)N2CCOCC2)n1. The molecule has 1 saturated heterocycles. The predicted molar refractivity (Wildman–Crippen MR) is 73.4 cm³/mol. The van der Waals surface area contributed by atoms with E-state index in [2.05, 4.69) is 10.3 Å². The van der Waals surface area contributed by atoms with E-state index in [1.165, 1.54) is 5.38 Å². The topological polar surface area (TPSA) is 109 Å². The van der Waals surface area contributed by atoms with Gasteiger partial charge in [0, 0.05) is 31.4 Å². The number of aromatic carboxylic acids is 1. The largest absolute Gasteiger partial charge is 0.476 e. The summed E-state index contributed by atoms with van der Waals surface area (Å²) in [5, 5.41) is 12.7. The van der Waals surface area contributed by atoms with Crippen LogP contribution in [0.25, 0.3) is 0 Å². The Morgan fingerprint density at radius 3 is 2.71 bits per heavy atom. The van der Waals surface area contributed by atoms with Gasteiger partial charge in [-0.05, 0) is 0 Å². The molecular weight excluding hydrogens is 298 g/mol. The van der Waals surface area contributed by atoms with Crippen molar-refractivity contribution >= 4 is 29.1 Å². The molecule has 8 nitrogen and oxygen atoms in total. The molecule has 21 heavy (non-hydrogen) atoms. The molecule has 0 saturated carbocycles. The number of hydrogen-bond acceptors (Lipinski definition) is 6. The highest BCUT2D eigenvalue weighted by Gasteiger charge is 2.18. The van der Waals surface area contributed by atoms with Crippen LogP contribution >= 0.6 is 11.3 Å². The number of rotatable bonds is 5. The average Bonchev–Trinajstić information content (AvgIpc) is 2.98. The van der Waals surface area contributed by atoms with Crippen molar-refractivity contribution in [1.82, 2.24) is 15.2 Å². The van der Waals surface area contributed by atoms with Crippen molar-refractivity contribution in [2.75, 3.05) is 32.8 Å². The number of amides is 2. The number of nitrogens with zero attached hydrogens (tertiary/aromatic N) is 2. The summed E-state index contributed by atoms with van der Waals surface area (Å²) in [4.78, 5) is 39.6. The summed E-state index contributed by atoms with van der Waals surface area (Å²) in [6.45, 7) is 2.41. The molecule has 1 aliphatic heterocycles. The predicted octanol–water partition coefficient (Wildman–Crippen LogP) is -0.180. The molecule has 1 aromatic heterocycles. The van der Waals surface area contributed by atoms with Crippen LogP contribution < -0.4 is 5.32 Å². The first-order valence-electron chi connectivity index (χ1n) is 6.40. The number of carbonyl (C=O) groups excluding carboxylic acids is 2. The van der Waals surface area contributed by atoms with E-state index < -0.39 is 11.9 Å². The van der Waals surface area contributed by atoms with Gasteiger partial charge in [-0.1, -0.05) is 0 Å². The molecule has 0 radical (unpaired) electrons. The van der Waals surface area contributed by atoms with Crippen LogP contribution in [0.4, 0.5) is 0 Å². The number of hydrogen-bond donors (Lipinski definition) is 2. The molecule has 0 bridgehead atoms. The Bertz CT molecular complexity index is 539. The van der Waals surface area contributed by atoms with Crippen LogP contribution in [-0.4, -0.2) is 65.6 Å². The van der Waals surface area contributed by atoms with Crippen LogP contribution in [0.5, 0.6) is 0 Å². The molecule has 0 spiro atoms. The number of thiazole rings is 1. The van der Waals surface area contributed by atoms with Gasteiger partial charge in [-0.3, -0.25) is 9.59 Å². The second kappa shape index (κ2) is 7.14. The fourth-order valence-electron chi connectivity index (χ4n) is 1.81. The van der Waals surface area contributed by atoms with Crippen molar-refractivity contribution < 1.29 is 24.2 Å². The molecular formula is C12H15N3O5S. The van der Waals surface area contributed by atoms with Crippen molar-refractivity contribution in [2.24, 2.45) is 0 Å². The summed E-state index contributed by atoms with van der Waals surface area (Å²) in [6, 6.07) is 0. The van der Waals surface area contributed by atoms with Crippen LogP contribution in [0.2, 0.25) is 0 Å². The highest BCUT2D eigenvalue weighted by atomic mass is 32.1. The molecule has 0 aromatic carbocycles. The number of aromatic nitrogens is 1. The van der Waals surface area contributed by atoms with E-state index in [9.17, 15) is 14.4 Å². The zero-order valence-corrected chi connectivity index (χ0v) is 12.0. The second-order valence-corrected chi connectivity index (χ2v) is 5.20. The van der Waals surface area contributed by atoms with Crippen molar-refractivity contribution in [3.8, 4) is 0 Å². The third-order valence-corrected chi connectivity index (χ3v) is 3.75. The lowest BCUT2D eigenvalue weighted by Crippen LogP contribution is -2.42. The van der Waals surface area contributed by atoms with E-state index in [1.807, 2.05) is 0 Å². The Morgan fingerprint density at radius 1 is 1.38 bits per heavy atom. The number of morpholine rings is 1. The van der Waals surface area contributed by atoms with Gasteiger partial charge in [-0.25, -0.2) is 9.78 Å². The number of carbonyl (C=O) groups is 3. The number of ether oxygens (including phenoxy) is 1. The van der Waals surface area contributed by atoms with Crippen molar-refractivity contribution in [2.45, 2.75) is 6.42 Å². The lowest BCUT2D eigenvalue weighted by molar-refractivity contribution is -0.135. The van der Waals surface area contributed by atoms with E-state index in [4.69, 9.17) is 9.84 Å². The quantitative estimate of drug-likeness (QED) is 0.780. The molecule has 9 heteroatoms. The second-order valence-electron chi connectivity index (χ2n) is 4.34. The highest BCUT2D eigenvalue weighted by Crippen LogP contribution is 2.09. The lowest BCUT2D eigenvalue weighted by atomic mass is 10.3. The van der Waals surface area contributed by atoms with Crippen LogP contribution in [0.3, 0.4) is 0 Å². The molecule has 1 aliphatic rings. The zero-order chi connectivity index (χ0) is 15.2. The van der Waals surface area contributed by atoms with Crippen molar-refractivity contribution in [1.29, 1.82) is 0 Å². The van der Waals surface area contributed by atoms with Crippen LogP contribution in [0.1, 0.15) is 26.7 Å². The van der Waals surface area contributed by atoms with E-state index in [1.54, 1.807) is 4.90 Å². The normalized spacial score (nSPS) is 14.8. The Morgan fingerprint density at radius 2 is 2.10 bits per heavy atom. The Kier molecular flexibility index (Phi) is 5.23. The van der Waals surface area contributed by atoms with Gasteiger partial charge in [0.05, 0.1) is 13.2 Å². The van der Waals surface area contributed by atoms with Gasteiger partial charge in [0.1, 0.15) is 0 Å². The molecule has 0 atom stereocenters. The minimum absolute atomic E-state index is 0.0380. The summed E-state index contributed by atoms with van der Waals surface area (Å²) >= 11 is 0.957. The summed E-state index contributed by atoms with van der Waals surface area (Å²) < 4.78 is 5.15. The van der Waals surface area contributed by atoms with Crippen LogP contribution in [-0.2, 0) is 9.53 Å². The monoisotopic (exact) mass is 313 g/mol. The number of carboxylic acids is 1. The van der Waals surface area contributed by atoms with Gasteiger partial charge >= 0.3 is 5.97 Å². The number of carboxylic acid groups (broad SMARTS) is 1. The standard InChI is InChI=1S/C12H15N3O5S/c16-9(15-3-5-20-6-4-15)1-2-13-10(17)11-14-8(7-21-11)12(18)19/h7H,1-6H2,(H,13,17)(H,18,19). The van der Waals surface area contributed by atoms with Crippen LogP contribution in [0.15, 0.2) is 5.38 Å². The summed E-state index contributed by atoms with van der Waals surface area (Å²) in [5.74, 6) is -1.68. The Hall–Kier alpha value is -2.00. The van der Waals surface area contributed by atoms with Gasteiger partial charge in [-0.2, -0.15) is 0 Å². The average molecular weight is 313 g/mol. The first-order valence-corrected chi connectivity index (χ1v) is 7.28. The molecule has 2 heterocycles. The van der Waals surface area contributed by atoms with Crippen molar-refractivity contribution in [3.63, 3.8) is 0 Å². The molecule has 1 aromatic rings. The summed E-state index contributed by atoms with van der Waals surface area (Å²) in [5.41, 5.74) is -0.158. The van der Waals surface area contributed by atoms with Crippen molar-refractivity contribution in [3.05, 3.63) is 16.1 Å².